The molecular weight excluding hydrogens is 390 g/mol. The number of nitrogens with one attached hydrogen (secondary N) is 2. The van der Waals surface area contributed by atoms with Gasteiger partial charge in [-0.3, -0.25) is 4.90 Å². The maximum absolute atomic E-state index is 5.31. The van der Waals surface area contributed by atoms with E-state index in [4.69, 9.17) is 4.74 Å². The first-order chi connectivity index (χ1) is 14.6. The molecule has 4 nitrogen and oxygen atoms in total. The molecule has 4 rings (SSSR count). The first-order valence-electron chi connectivity index (χ1n) is 11.0. The van der Waals surface area contributed by atoms with Crippen LogP contribution < -0.4 is 10.1 Å². The van der Waals surface area contributed by atoms with Gasteiger partial charge in [0, 0.05) is 48.8 Å². The number of ether oxygens (including phenoxy) is 1. The van der Waals surface area contributed by atoms with Crippen LogP contribution in [-0.4, -0.2) is 48.1 Å². The van der Waals surface area contributed by atoms with Crippen LogP contribution in [-0.2, 0) is 6.54 Å². The number of methoxy groups -OCH3 is 1. The second-order valence-electron chi connectivity index (χ2n) is 8.52. The number of thioether (sulfide) groups is 1. The Morgan fingerprint density at radius 2 is 1.87 bits per heavy atom. The third kappa shape index (κ3) is 5.13. The van der Waals surface area contributed by atoms with Crippen LogP contribution in [0.25, 0.3) is 22.2 Å². The van der Waals surface area contributed by atoms with Crippen molar-refractivity contribution >= 4 is 28.4 Å². The summed E-state index contributed by atoms with van der Waals surface area (Å²) in [5.41, 5.74) is 6.12. The van der Waals surface area contributed by atoms with Crippen LogP contribution in [0.1, 0.15) is 25.8 Å². The monoisotopic (exact) mass is 423 g/mol. The molecule has 2 N–H and O–H groups in total. The Labute approximate surface area is 184 Å². The van der Waals surface area contributed by atoms with Crippen molar-refractivity contribution in [3.63, 3.8) is 0 Å². The number of hydrogen-bond donors (Lipinski definition) is 2. The van der Waals surface area contributed by atoms with Crippen molar-refractivity contribution in [1.29, 1.82) is 0 Å². The maximum Gasteiger partial charge on any atom is 0.118 e. The van der Waals surface area contributed by atoms with E-state index in [0.29, 0.717) is 5.92 Å². The van der Waals surface area contributed by atoms with Crippen molar-refractivity contribution in [3.05, 3.63) is 48.0 Å². The third-order valence-electron chi connectivity index (χ3n) is 5.74. The molecule has 0 aliphatic carbocycles. The van der Waals surface area contributed by atoms with Crippen molar-refractivity contribution < 1.29 is 4.74 Å². The van der Waals surface area contributed by atoms with Gasteiger partial charge in [-0.15, -0.1) is 0 Å². The first-order valence-corrected chi connectivity index (χ1v) is 12.1. The smallest absolute Gasteiger partial charge is 0.118 e. The minimum Gasteiger partial charge on any atom is -0.497 e. The number of hydrogen-bond acceptors (Lipinski definition) is 4. The summed E-state index contributed by atoms with van der Waals surface area (Å²) >= 11 is 2.06. The summed E-state index contributed by atoms with van der Waals surface area (Å²) < 4.78 is 5.31. The number of aromatic amines is 1. The summed E-state index contributed by atoms with van der Waals surface area (Å²) in [5.74, 6) is 4.06. The quantitative estimate of drug-likeness (QED) is 0.477. The SMILES string of the molecule is COc1ccc(-c2cc3cc(CN4CCSCC4)cc(NCCC(C)C)c3[nH]2)cc1. The van der Waals surface area contributed by atoms with Crippen molar-refractivity contribution in [1.82, 2.24) is 9.88 Å². The number of rotatable bonds is 8. The summed E-state index contributed by atoms with van der Waals surface area (Å²) in [6.07, 6.45) is 1.17. The molecule has 0 unspecified atom stereocenters. The third-order valence-corrected chi connectivity index (χ3v) is 6.68. The molecule has 3 aromatic rings. The minimum atomic E-state index is 0.695. The normalized spacial score (nSPS) is 15.1. The molecule has 0 spiro atoms. The lowest BCUT2D eigenvalue weighted by molar-refractivity contribution is 0.295. The van der Waals surface area contributed by atoms with E-state index in [0.717, 1.165) is 24.5 Å². The Morgan fingerprint density at radius 3 is 2.57 bits per heavy atom. The van der Waals surface area contributed by atoms with Crippen LogP contribution in [0.4, 0.5) is 5.69 Å². The van der Waals surface area contributed by atoms with Gasteiger partial charge in [-0.2, -0.15) is 11.8 Å². The van der Waals surface area contributed by atoms with Crippen molar-refractivity contribution in [3.8, 4) is 17.0 Å². The zero-order valence-corrected chi connectivity index (χ0v) is 19.1. The van der Waals surface area contributed by atoms with E-state index in [1.54, 1.807) is 7.11 Å². The number of nitrogens with zero attached hydrogens (tertiary/aromatic N) is 1. The molecule has 1 aliphatic rings. The number of benzene rings is 2. The van der Waals surface area contributed by atoms with E-state index < -0.39 is 0 Å². The van der Waals surface area contributed by atoms with Gasteiger partial charge in [0.2, 0.25) is 0 Å². The van der Waals surface area contributed by atoms with Crippen LogP contribution in [0, 0.1) is 5.92 Å². The lowest BCUT2D eigenvalue weighted by Gasteiger charge is -2.26. The van der Waals surface area contributed by atoms with Gasteiger partial charge in [0.05, 0.1) is 18.3 Å². The summed E-state index contributed by atoms with van der Waals surface area (Å²) in [5, 5.41) is 4.98. The van der Waals surface area contributed by atoms with Crippen LogP contribution in [0.2, 0.25) is 0 Å². The topological polar surface area (TPSA) is 40.3 Å². The Hall–Kier alpha value is -2.11. The second-order valence-corrected chi connectivity index (χ2v) is 9.74. The zero-order valence-electron chi connectivity index (χ0n) is 18.3. The van der Waals surface area contributed by atoms with Crippen LogP contribution in [0.5, 0.6) is 5.75 Å². The number of aromatic nitrogens is 1. The van der Waals surface area contributed by atoms with Crippen molar-refractivity contribution in [2.75, 3.05) is 43.6 Å². The lowest BCUT2D eigenvalue weighted by Crippen LogP contribution is -2.31. The van der Waals surface area contributed by atoms with Gasteiger partial charge < -0.3 is 15.0 Å². The van der Waals surface area contributed by atoms with Crippen molar-refractivity contribution in [2.24, 2.45) is 5.92 Å². The Bertz CT molecular complexity index is 958. The van der Waals surface area contributed by atoms with E-state index in [1.165, 1.54) is 58.7 Å². The zero-order chi connectivity index (χ0) is 20.9. The van der Waals surface area contributed by atoms with E-state index in [9.17, 15) is 0 Å². The van der Waals surface area contributed by atoms with Gasteiger partial charge in [-0.1, -0.05) is 13.8 Å². The fourth-order valence-electron chi connectivity index (χ4n) is 3.98. The highest BCUT2D eigenvalue weighted by Gasteiger charge is 2.14. The van der Waals surface area contributed by atoms with Crippen LogP contribution >= 0.6 is 11.8 Å². The predicted octanol–water partition coefficient (Wildman–Crippen LogP) is 5.85. The van der Waals surface area contributed by atoms with Gasteiger partial charge >= 0.3 is 0 Å². The highest BCUT2D eigenvalue weighted by molar-refractivity contribution is 7.99. The molecule has 1 fully saturated rings. The average Bonchev–Trinajstić information content (AvgIpc) is 3.18. The standard InChI is InChI=1S/C25H33N3OS/c1-18(2)8-9-26-24-15-19(17-28-10-12-30-13-11-28)14-21-16-23(27-25(21)24)20-4-6-22(29-3)7-5-20/h4-7,14-16,18,26-27H,8-13,17H2,1-3H3. The molecule has 1 aromatic heterocycles. The molecule has 5 heteroatoms. The maximum atomic E-state index is 5.31. The summed E-state index contributed by atoms with van der Waals surface area (Å²) in [6.45, 7) is 8.94. The van der Waals surface area contributed by atoms with E-state index in [-0.39, 0.29) is 0 Å². The van der Waals surface area contributed by atoms with Crippen LogP contribution in [0.15, 0.2) is 42.5 Å². The molecule has 1 aliphatic heterocycles. The molecule has 0 radical (unpaired) electrons. The predicted molar refractivity (Wildman–Crippen MR) is 131 cm³/mol. The van der Waals surface area contributed by atoms with Gasteiger partial charge in [0.1, 0.15) is 5.75 Å². The second kappa shape index (κ2) is 9.80. The summed E-state index contributed by atoms with van der Waals surface area (Å²) in [7, 11) is 1.70. The van der Waals surface area contributed by atoms with E-state index in [2.05, 4.69) is 71.1 Å². The fraction of sp³-hybridized carbons (Fsp3) is 0.440. The van der Waals surface area contributed by atoms with E-state index >= 15 is 0 Å². The Kier molecular flexibility index (Phi) is 6.90. The molecule has 30 heavy (non-hydrogen) atoms. The summed E-state index contributed by atoms with van der Waals surface area (Å²) in [6, 6.07) is 15.2. The fourth-order valence-corrected chi connectivity index (χ4v) is 4.95. The van der Waals surface area contributed by atoms with Gasteiger partial charge in [0.15, 0.2) is 0 Å². The Balaban J connectivity index is 1.65. The van der Waals surface area contributed by atoms with E-state index in [1.807, 2.05) is 12.1 Å². The molecule has 160 valence electrons. The van der Waals surface area contributed by atoms with Gasteiger partial charge in [-0.05, 0) is 65.9 Å². The highest BCUT2D eigenvalue weighted by atomic mass is 32.2. The highest BCUT2D eigenvalue weighted by Crippen LogP contribution is 2.32. The molecule has 0 amide bonds. The number of anilines is 1. The Morgan fingerprint density at radius 1 is 1.10 bits per heavy atom. The number of H-pyrrole nitrogens is 1. The largest absolute Gasteiger partial charge is 0.497 e. The first kappa shape index (κ1) is 21.1. The number of fused-ring (bicyclic) bond motifs is 1. The molecule has 2 heterocycles. The molecule has 0 saturated carbocycles. The molecule has 2 aromatic carbocycles. The molecule has 1 saturated heterocycles. The molecular formula is C25H33N3OS. The average molecular weight is 424 g/mol. The molecule has 0 atom stereocenters. The molecule has 0 bridgehead atoms. The van der Waals surface area contributed by atoms with Crippen molar-refractivity contribution in [2.45, 2.75) is 26.8 Å². The van der Waals surface area contributed by atoms with Gasteiger partial charge in [-0.25, -0.2) is 0 Å². The van der Waals surface area contributed by atoms with Gasteiger partial charge in [0.25, 0.3) is 0 Å². The minimum absolute atomic E-state index is 0.695. The summed E-state index contributed by atoms with van der Waals surface area (Å²) in [4.78, 5) is 6.24. The van der Waals surface area contributed by atoms with Crippen LogP contribution in [0.3, 0.4) is 0 Å². The lowest BCUT2D eigenvalue weighted by atomic mass is 10.1.